The van der Waals surface area contributed by atoms with Gasteiger partial charge < -0.3 is 11.1 Å². The fourth-order valence-electron chi connectivity index (χ4n) is 1.53. The number of carbonyl (C=O) groups is 1. The van der Waals surface area contributed by atoms with E-state index >= 15 is 0 Å². The quantitative estimate of drug-likeness (QED) is 0.826. The highest BCUT2D eigenvalue weighted by Gasteiger charge is 2.12. The molecule has 1 aromatic rings. The minimum absolute atomic E-state index is 0.127. The Balaban J connectivity index is 2.83. The summed E-state index contributed by atoms with van der Waals surface area (Å²) in [7, 11) is 0. The standard InChI is InChI=1S/C12H16Cl2N2O/c1-3-4-7(2)16-12(17)8-5-9(13)11(15)10(14)6-8/h5-7H,3-4,15H2,1-2H3,(H,16,17). The van der Waals surface area contributed by atoms with Crippen LogP contribution >= 0.6 is 23.2 Å². The summed E-state index contributed by atoms with van der Waals surface area (Å²) in [6.45, 7) is 4.03. The van der Waals surface area contributed by atoms with E-state index in [-0.39, 0.29) is 11.9 Å². The molecule has 0 saturated carbocycles. The maximum absolute atomic E-state index is 11.9. The zero-order valence-corrected chi connectivity index (χ0v) is 11.4. The molecule has 1 unspecified atom stereocenters. The van der Waals surface area contributed by atoms with Gasteiger partial charge in [0.25, 0.3) is 5.91 Å². The van der Waals surface area contributed by atoms with E-state index in [2.05, 4.69) is 12.2 Å². The Morgan fingerprint density at radius 3 is 2.41 bits per heavy atom. The highest BCUT2D eigenvalue weighted by atomic mass is 35.5. The van der Waals surface area contributed by atoms with Crippen molar-refractivity contribution in [1.82, 2.24) is 5.32 Å². The monoisotopic (exact) mass is 274 g/mol. The van der Waals surface area contributed by atoms with Crippen LogP contribution in [0.2, 0.25) is 10.0 Å². The van der Waals surface area contributed by atoms with E-state index in [9.17, 15) is 4.79 Å². The molecule has 3 N–H and O–H groups in total. The van der Waals surface area contributed by atoms with Crippen LogP contribution in [0.3, 0.4) is 0 Å². The topological polar surface area (TPSA) is 55.1 Å². The van der Waals surface area contributed by atoms with E-state index in [1.165, 1.54) is 12.1 Å². The first kappa shape index (κ1) is 14.1. The SMILES string of the molecule is CCCC(C)NC(=O)c1cc(Cl)c(N)c(Cl)c1. The number of nitrogens with two attached hydrogens (primary N) is 1. The molecule has 0 aromatic heterocycles. The van der Waals surface area contributed by atoms with Gasteiger partial charge in [-0.2, -0.15) is 0 Å². The molecule has 0 spiro atoms. The van der Waals surface area contributed by atoms with Crippen LogP contribution in [0.25, 0.3) is 0 Å². The molecule has 1 atom stereocenters. The summed E-state index contributed by atoms with van der Waals surface area (Å²) in [5.74, 6) is -0.185. The fraction of sp³-hybridized carbons (Fsp3) is 0.417. The highest BCUT2D eigenvalue weighted by Crippen LogP contribution is 2.28. The Morgan fingerprint density at radius 1 is 1.41 bits per heavy atom. The lowest BCUT2D eigenvalue weighted by Gasteiger charge is -2.13. The summed E-state index contributed by atoms with van der Waals surface area (Å²) in [6.07, 6.45) is 1.95. The first-order valence-electron chi connectivity index (χ1n) is 5.51. The van der Waals surface area contributed by atoms with Crippen molar-refractivity contribution in [2.45, 2.75) is 32.7 Å². The molecule has 3 nitrogen and oxygen atoms in total. The van der Waals surface area contributed by atoms with Crippen molar-refractivity contribution in [3.05, 3.63) is 27.7 Å². The predicted octanol–water partition coefficient (Wildman–Crippen LogP) is 3.49. The lowest BCUT2D eigenvalue weighted by atomic mass is 10.1. The Bertz CT molecular complexity index is 398. The molecule has 0 radical (unpaired) electrons. The molecular formula is C12H16Cl2N2O. The van der Waals surface area contributed by atoms with Gasteiger partial charge >= 0.3 is 0 Å². The lowest BCUT2D eigenvalue weighted by Crippen LogP contribution is -2.32. The zero-order valence-electron chi connectivity index (χ0n) is 9.89. The van der Waals surface area contributed by atoms with Gasteiger partial charge in [-0.05, 0) is 25.5 Å². The Hall–Kier alpha value is -0.930. The average Bonchev–Trinajstić information content (AvgIpc) is 2.25. The van der Waals surface area contributed by atoms with Gasteiger partial charge in [-0.3, -0.25) is 4.79 Å². The summed E-state index contributed by atoms with van der Waals surface area (Å²) in [6, 6.07) is 3.18. The third-order valence-electron chi connectivity index (χ3n) is 2.44. The van der Waals surface area contributed by atoms with Gasteiger partial charge in [0.2, 0.25) is 0 Å². The van der Waals surface area contributed by atoms with E-state index in [1.54, 1.807) is 0 Å². The van der Waals surface area contributed by atoms with Crippen LogP contribution < -0.4 is 11.1 Å². The molecular weight excluding hydrogens is 259 g/mol. The minimum atomic E-state index is -0.185. The number of benzene rings is 1. The number of carbonyl (C=O) groups excluding carboxylic acids is 1. The molecule has 17 heavy (non-hydrogen) atoms. The highest BCUT2D eigenvalue weighted by molar-refractivity contribution is 6.39. The zero-order chi connectivity index (χ0) is 13.0. The molecule has 1 rings (SSSR count). The number of halogens is 2. The second-order valence-electron chi connectivity index (χ2n) is 4.02. The average molecular weight is 275 g/mol. The van der Waals surface area contributed by atoms with Crippen LogP contribution in [0, 0.1) is 0 Å². The molecule has 94 valence electrons. The number of hydrogen-bond donors (Lipinski definition) is 2. The summed E-state index contributed by atoms with van der Waals surface area (Å²) >= 11 is 11.7. The second kappa shape index (κ2) is 6.12. The molecule has 1 aromatic carbocycles. The normalized spacial score (nSPS) is 12.2. The number of amides is 1. The number of rotatable bonds is 4. The van der Waals surface area contributed by atoms with E-state index in [0.29, 0.717) is 21.3 Å². The van der Waals surface area contributed by atoms with Gasteiger partial charge in [0.1, 0.15) is 0 Å². The first-order chi connectivity index (χ1) is 7.95. The van der Waals surface area contributed by atoms with Crippen LogP contribution in [-0.4, -0.2) is 11.9 Å². The van der Waals surface area contributed by atoms with Crippen molar-refractivity contribution < 1.29 is 4.79 Å². The summed E-state index contributed by atoms with van der Waals surface area (Å²) in [5.41, 5.74) is 6.33. The molecule has 0 fully saturated rings. The number of hydrogen-bond acceptors (Lipinski definition) is 2. The number of anilines is 1. The summed E-state index contributed by atoms with van der Waals surface area (Å²) in [5, 5.41) is 3.47. The van der Waals surface area contributed by atoms with Gasteiger partial charge in [-0.1, -0.05) is 36.5 Å². The van der Waals surface area contributed by atoms with Crippen LogP contribution in [0.4, 0.5) is 5.69 Å². The van der Waals surface area contributed by atoms with Crippen molar-refractivity contribution in [2.75, 3.05) is 5.73 Å². The maximum atomic E-state index is 11.9. The maximum Gasteiger partial charge on any atom is 0.251 e. The Kier molecular flexibility index (Phi) is 5.09. The largest absolute Gasteiger partial charge is 0.396 e. The smallest absolute Gasteiger partial charge is 0.251 e. The predicted molar refractivity (Wildman–Crippen MR) is 72.7 cm³/mol. The van der Waals surface area contributed by atoms with Gasteiger partial charge in [0, 0.05) is 11.6 Å². The number of nitrogens with one attached hydrogen (secondary N) is 1. The first-order valence-corrected chi connectivity index (χ1v) is 6.26. The van der Waals surface area contributed by atoms with Crippen molar-refractivity contribution in [3.8, 4) is 0 Å². The number of nitrogen functional groups attached to an aromatic ring is 1. The van der Waals surface area contributed by atoms with Crippen molar-refractivity contribution in [3.63, 3.8) is 0 Å². The summed E-state index contributed by atoms with van der Waals surface area (Å²) < 4.78 is 0. The molecule has 1 amide bonds. The van der Waals surface area contributed by atoms with Gasteiger partial charge in [0.15, 0.2) is 0 Å². The Morgan fingerprint density at radius 2 is 1.94 bits per heavy atom. The second-order valence-corrected chi connectivity index (χ2v) is 4.83. The van der Waals surface area contributed by atoms with Crippen LogP contribution in [0.5, 0.6) is 0 Å². The van der Waals surface area contributed by atoms with Crippen LogP contribution in [0.15, 0.2) is 12.1 Å². The third kappa shape index (κ3) is 3.79. The lowest BCUT2D eigenvalue weighted by molar-refractivity contribution is 0.0938. The Labute approximate surface area is 111 Å². The van der Waals surface area contributed by atoms with Crippen molar-refractivity contribution in [1.29, 1.82) is 0 Å². The van der Waals surface area contributed by atoms with E-state index in [0.717, 1.165) is 12.8 Å². The van der Waals surface area contributed by atoms with Crippen molar-refractivity contribution >= 4 is 34.8 Å². The fourth-order valence-corrected chi connectivity index (χ4v) is 2.01. The van der Waals surface area contributed by atoms with Gasteiger partial charge in [-0.15, -0.1) is 0 Å². The van der Waals surface area contributed by atoms with Gasteiger partial charge in [0.05, 0.1) is 15.7 Å². The molecule has 5 heteroatoms. The molecule has 0 aliphatic rings. The molecule has 0 aliphatic heterocycles. The molecule has 0 aliphatic carbocycles. The molecule has 0 saturated heterocycles. The van der Waals surface area contributed by atoms with Crippen molar-refractivity contribution in [2.24, 2.45) is 0 Å². The van der Waals surface area contributed by atoms with E-state index < -0.39 is 0 Å². The van der Waals surface area contributed by atoms with E-state index in [1.807, 2.05) is 6.92 Å². The summed E-state index contributed by atoms with van der Waals surface area (Å²) in [4.78, 5) is 11.9. The minimum Gasteiger partial charge on any atom is -0.396 e. The van der Waals surface area contributed by atoms with Gasteiger partial charge in [-0.25, -0.2) is 0 Å². The van der Waals surface area contributed by atoms with E-state index in [4.69, 9.17) is 28.9 Å². The molecule has 0 bridgehead atoms. The van der Waals surface area contributed by atoms with Crippen LogP contribution in [0.1, 0.15) is 37.0 Å². The molecule has 0 heterocycles. The van der Waals surface area contributed by atoms with Crippen LogP contribution in [-0.2, 0) is 0 Å². The third-order valence-corrected chi connectivity index (χ3v) is 3.07.